The maximum Gasteiger partial charge on any atom is 0.153 e. The molecule has 4 nitrogen and oxygen atoms in total. The highest BCUT2D eigenvalue weighted by molar-refractivity contribution is 5.69. The van der Waals surface area contributed by atoms with E-state index in [1.165, 1.54) is 20.4 Å². The Kier molecular flexibility index (Phi) is 3.32. The molecular weight excluding hydrogens is 237 g/mol. The molecule has 18 heavy (non-hydrogen) atoms. The van der Waals surface area contributed by atoms with Gasteiger partial charge in [-0.1, -0.05) is 0 Å². The first kappa shape index (κ1) is 12.2. The fraction of sp³-hybridized carbons (Fsp3) is 0.154. The summed E-state index contributed by atoms with van der Waals surface area (Å²) in [6, 6.07) is 5.99. The van der Waals surface area contributed by atoms with Gasteiger partial charge < -0.3 is 14.6 Å². The number of halogens is 1. The van der Waals surface area contributed by atoms with Crippen LogP contribution in [0.3, 0.4) is 0 Å². The molecule has 0 amide bonds. The van der Waals surface area contributed by atoms with Crippen LogP contribution in [0.25, 0.3) is 11.3 Å². The van der Waals surface area contributed by atoms with Gasteiger partial charge in [0.15, 0.2) is 5.82 Å². The average Bonchev–Trinajstić information content (AvgIpc) is 2.38. The molecule has 1 aromatic heterocycles. The van der Waals surface area contributed by atoms with Crippen molar-refractivity contribution in [3.05, 3.63) is 36.3 Å². The predicted molar refractivity (Wildman–Crippen MR) is 64.4 cm³/mol. The molecule has 0 aliphatic carbocycles. The molecule has 5 heteroatoms. The molecule has 1 N–H and O–H groups in total. The highest BCUT2D eigenvalue weighted by Gasteiger charge is 2.13. The zero-order chi connectivity index (χ0) is 13.1. The van der Waals surface area contributed by atoms with E-state index < -0.39 is 5.82 Å². The molecule has 1 aromatic carbocycles. The van der Waals surface area contributed by atoms with Crippen molar-refractivity contribution in [2.24, 2.45) is 0 Å². The zero-order valence-electron chi connectivity index (χ0n) is 9.98. The second-order valence-electron chi connectivity index (χ2n) is 3.59. The number of pyridine rings is 1. The zero-order valence-corrected chi connectivity index (χ0v) is 9.98. The standard InChI is InChI=1S/C13H12FNO3/c1-17-9-3-4-10(12(6-9)18-2)13-11(14)5-8(16)7-15-13/h3-7,16H,1-2H3. The Balaban J connectivity index is 2.56. The summed E-state index contributed by atoms with van der Waals surface area (Å²) >= 11 is 0. The third-order valence-corrected chi connectivity index (χ3v) is 2.49. The van der Waals surface area contributed by atoms with Crippen LogP contribution in [-0.4, -0.2) is 24.3 Å². The SMILES string of the molecule is COc1ccc(-c2ncc(O)cc2F)c(OC)c1. The summed E-state index contributed by atoms with van der Waals surface area (Å²) in [4.78, 5) is 3.87. The summed E-state index contributed by atoms with van der Waals surface area (Å²) in [7, 11) is 3.02. The smallest absolute Gasteiger partial charge is 0.153 e. The topological polar surface area (TPSA) is 51.6 Å². The summed E-state index contributed by atoms with van der Waals surface area (Å²) in [6.07, 6.45) is 1.18. The van der Waals surface area contributed by atoms with E-state index >= 15 is 0 Å². The molecule has 0 radical (unpaired) electrons. The number of rotatable bonds is 3. The molecule has 0 spiro atoms. The lowest BCUT2D eigenvalue weighted by Gasteiger charge is -2.10. The van der Waals surface area contributed by atoms with E-state index in [9.17, 15) is 4.39 Å². The van der Waals surface area contributed by atoms with Gasteiger partial charge in [-0.05, 0) is 12.1 Å². The molecule has 2 aromatic rings. The van der Waals surface area contributed by atoms with E-state index in [1.54, 1.807) is 18.2 Å². The van der Waals surface area contributed by atoms with Crippen LogP contribution in [-0.2, 0) is 0 Å². The maximum atomic E-state index is 13.7. The van der Waals surface area contributed by atoms with E-state index in [0.29, 0.717) is 17.1 Å². The maximum absolute atomic E-state index is 13.7. The van der Waals surface area contributed by atoms with Crippen molar-refractivity contribution >= 4 is 0 Å². The Morgan fingerprint density at radius 3 is 2.56 bits per heavy atom. The number of methoxy groups -OCH3 is 2. The summed E-state index contributed by atoms with van der Waals surface area (Å²) in [5.74, 6) is 0.225. The molecule has 0 bridgehead atoms. The van der Waals surface area contributed by atoms with Crippen LogP contribution >= 0.6 is 0 Å². The van der Waals surface area contributed by atoms with Gasteiger partial charge in [0.25, 0.3) is 0 Å². The third kappa shape index (κ3) is 2.20. The Bertz CT molecular complexity index is 572. The van der Waals surface area contributed by atoms with Crippen LogP contribution in [0, 0.1) is 5.82 Å². The van der Waals surface area contributed by atoms with Crippen molar-refractivity contribution < 1.29 is 19.0 Å². The number of ether oxygens (including phenoxy) is 2. The summed E-state index contributed by atoms with van der Waals surface area (Å²) < 4.78 is 24.0. The molecule has 0 fully saturated rings. The van der Waals surface area contributed by atoms with Gasteiger partial charge in [0.2, 0.25) is 0 Å². The number of hydrogen-bond donors (Lipinski definition) is 1. The van der Waals surface area contributed by atoms with Gasteiger partial charge in [-0.3, -0.25) is 0 Å². The predicted octanol–water partition coefficient (Wildman–Crippen LogP) is 2.61. The van der Waals surface area contributed by atoms with Gasteiger partial charge in [0, 0.05) is 17.7 Å². The molecule has 0 saturated heterocycles. The number of aromatic hydroxyl groups is 1. The van der Waals surface area contributed by atoms with Gasteiger partial charge in [0.05, 0.1) is 20.4 Å². The molecule has 0 aliphatic rings. The highest BCUT2D eigenvalue weighted by atomic mass is 19.1. The minimum absolute atomic E-state index is 0.118. The fourth-order valence-corrected chi connectivity index (χ4v) is 1.62. The van der Waals surface area contributed by atoms with Crippen molar-refractivity contribution in [2.45, 2.75) is 0 Å². The van der Waals surface area contributed by atoms with E-state index in [0.717, 1.165) is 6.07 Å². The van der Waals surface area contributed by atoms with Crippen molar-refractivity contribution in [3.8, 4) is 28.5 Å². The first-order valence-corrected chi connectivity index (χ1v) is 5.22. The summed E-state index contributed by atoms with van der Waals surface area (Å²) in [5, 5.41) is 9.14. The second-order valence-corrected chi connectivity index (χ2v) is 3.59. The Morgan fingerprint density at radius 1 is 1.17 bits per heavy atom. The van der Waals surface area contributed by atoms with Crippen molar-refractivity contribution in [1.29, 1.82) is 0 Å². The number of aromatic nitrogens is 1. The quantitative estimate of drug-likeness (QED) is 0.908. The monoisotopic (exact) mass is 249 g/mol. The minimum atomic E-state index is -0.613. The molecule has 0 atom stereocenters. The Morgan fingerprint density at radius 2 is 1.94 bits per heavy atom. The minimum Gasteiger partial charge on any atom is -0.506 e. The molecular formula is C13H12FNO3. The molecule has 0 saturated carbocycles. The van der Waals surface area contributed by atoms with Gasteiger partial charge >= 0.3 is 0 Å². The van der Waals surface area contributed by atoms with Crippen molar-refractivity contribution in [1.82, 2.24) is 4.98 Å². The normalized spacial score (nSPS) is 10.2. The third-order valence-electron chi connectivity index (χ3n) is 2.49. The van der Waals surface area contributed by atoms with E-state index in [-0.39, 0.29) is 11.4 Å². The lowest BCUT2D eigenvalue weighted by Crippen LogP contribution is -1.94. The van der Waals surface area contributed by atoms with Crippen molar-refractivity contribution in [2.75, 3.05) is 14.2 Å². The summed E-state index contributed by atoms with van der Waals surface area (Å²) in [5.41, 5.74) is 0.614. The first-order valence-electron chi connectivity index (χ1n) is 5.22. The fourth-order valence-electron chi connectivity index (χ4n) is 1.62. The van der Waals surface area contributed by atoms with Crippen molar-refractivity contribution in [3.63, 3.8) is 0 Å². The van der Waals surface area contributed by atoms with E-state index in [4.69, 9.17) is 14.6 Å². The first-order chi connectivity index (χ1) is 8.65. The average molecular weight is 249 g/mol. The van der Waals surface area contributed by atoms with E-state index in [2.05, 4.69) is 4.98 Å². The van der Waals surface area contributed by atoms with Gasteiger partial charge in [-0.25, -0.2) is 9.37 Å². The van der Waals surface area contributed by atoms with Gasteiger partial charge in [0.1, 0.15) is 22.9 Å². The second kappa shape index (κ2) is 4.91. The van der Waals surface area contributed by atoms with Gasteiger partial charge in [-0.2, -0.15) is 0 Å². The molecule has 2 rings (SSSR count). The lowest BCUT2D eigenvalue weighted by molar-refractivity contribution is 0.395. The van der Waals surface area contributed by atoms with Crippen LogP contribution in [0.1, 0.15) is 0 Å². The molecule has 1 heterocycles. The Labute approximate surface area is 104 Å². The number of nitrogens with zero attached hydrogens (tertiary/aromatic N) is 1. The van der Waals surface area contributed by atoms with E-state index in [1.807, 2.05) is 0 Å². The molecule has 94 valence electrons. The van der Waals surface area contributed by atoms with Crippen LogP contribution in [0.2, 0.25) is 0 Å². The van der Waals surface area contributed by atoms with Gasteiger partial charge in [-0.15, -0.1) is 0 Å². The number of hydrogen-bond acceptors (Lipinski definition) is 4. The lowest BCUT2D eigenvalue weighted by atomic mass is 10.1. The largest absolute Gasteiger partial charge is 0.506 e. The van der Waals surface area contributed by atoms with Crippen LogP contribution in [0.5, 0.6) is 17.2 Å². The van der Waals surface area contributed by atoms with Crippen LogP contribution < -0.4 is 9.47 Å². The highest BCUT2D eigenvalue weighted by Crippen LogP contribution is 2.34. The Hall–Kier alpha value is -2.30. The van der Waals surface area contributed by atoms with Crippen LogP contribution in [0.4, 0.5) is 4.39 Å². The number of benzene rings is 1. The summed E-state index contributed by atoms with van der Waals surface area (Å²) in [6.45, 7) is 0. The molecule has 0 unspecified atom stereocenters. The van der Waals surface area contributed by atoms with Crippen LogP contribution in [0.15, 0.2) is 30.5 Å². The molecule has 0 aliphatic heterocycles.